The van der Waals surface area contributed by atoms with E-state index in [1.54, 1.807) is 0 Å². The largest absolute Gasteiger partial charge is 0.381 e. The van der Waals surface area contributed by atoms with Crippen molar-refractivity contribution in [2.24, 2.45) is 13.0 Å². The third kappa shape index (κ3) is 2.25. The van der Waals surface area contributed by atoms with Gasteiger partial charge in [-0.25, -0.2) is 4.98 Å². The van der Waals surface area contributed by atoms with Gasteiger partial charge in [0.2, 0.25) is 0 Å². The average Bonchev–Trinajstić information content (AvgIpc) is 3.07. The molecular weight excluding hydrogens is 264 g/mol. The van der Waals surface area contributed by atoms with Crippen molar-refractivity contribution < 1.29 is 4.74 Å². The summed E-state index contributed by atoms with van der Waals surface area (Å²) in [6.07, 6.45) is 2.28. The lowest BCUT2D eigenvalue weighted by Crippen LogP contribution is -2.10. The molecule has 104 valence electrons. The van der Waals surface area contributed by atoms with E-state index in [0.29, 0.717) is 11.8 Å². The van der Waals surface area contributed by atoms with E-state index in [-0.39, 0.29) is 0 Å². The molecule has 0 saturated carbocycles. The molecule has 0 spiro atoms. The van der Waals surface area contributed by atoms with Crippen molar-refractivity contribution >= 4 is 22.8 Å². The van der Waals surface area contributed by atoms with Crippen LogP contribution in [0.3, 0.4) is 0 Å². The number of fused-ring (bicyclic) bond motifs is 1. The van der Waals surface area contributed by atoms with Gasteiger partial charge in [0.15, 0.2) is 5.65 Å². The van der Waals surface area contributed by atoms with E-state index in [1.165, 1.54) is 6.42 Å². The van der Waals surface area contributed by atoms with Gasteiger partial charge >= 0.3 is 0 Å². The van der Waals surface area contributed by atoms with Crippen LogP contribution in [0.1, 0.15) is 24.4 Å². The van der Waals surface area contributed by atoms with Crippen molar-refractivity contribution in [1.29, 1.82) is 0 Å². The minimum Gasteiger partial charge on any atom is -0.381 e. The van der Waals surface area contributed by atoms with Crippen molar-refractivity contribution in [2.75, 3.05) is 13.2 Å². The monoisotopic (exact) mass is 282 g/mol. The van der Waals surface area contributed by atoms with Crippen LogP contribution in [0.15, 0.2) is 0 Å². The fourth-order valence-corrected chi connectivity index (χ4v) is 3.04. The standard InChI is InChI=1S/C13H19ClN4O/c1-9-12-13(17(2)16-9)18(11(7-14)15-12)5-3-10-4-6-19-8-10/h10H,3-8H2,1-2H3. The number of aromatic nitrogens is 4. The second-order valence-electron chi connectivity index (χ2n) is 5.21. The van der Waals surface area contributed by atoms with E-state index >= 15 is 0 Å². The van der Waals surface area contributed by atoms with Gasteiger partial charge in [-0.1, -0.05) is 0 Å². The fraction of sp³-hybridized carbons (Fsp3) is 0.692. The Kier molecular flexibility index (Phi) is 3.50. The molecular formula is C13H19ClN4O. The number of alkyl halides is 1. The third-order valence-corrected chi connectivity index (χ3v) is 4.11. The zero-order valence-electron chi connectivity index (χ0n) is 11.4. The highest BCUT2D eigenvalue weighted by atomic mass is 35.5. The van der Waals surface area contributed by atoms with Crippen molar-refractivity contribution in [3.63, 3.8) is 0 Å². The Bertz CT molecular complexity index is 583. The molecule has 0 radical (unpaired) electrons. The smallest absolute Gasteiger partial charge is 0.158 e. The van der Waals surface area contributed by atoms with Crippen LogP contribution in [0.5, 0.6) is 0 Å². The van der Waals surface area contributed by atoms with E-state index in [1.807, 2.05) is 18.7 Å². The molecule has 2 aromatic rings. The number of halogens is 1. The van der Waals surface area contributed by atoms with Crippen LogP contribution in [0, 0.1) is 12.8 Å². The predicted molar refractivity (Wildman–Crippen MR) is 74.3 cm³/mol. The molecule has 6 heteroatoms. The van der Waals surface area contributed by atoms with Gasteiger partial charge in [-0.15, -0.1) is 11.6 Å². The zero-order valence-corrected chi connectivity index (χ0v) is 12.2. The van der Waals surface area contributed by atoms with Gasteiger partial charge in [0.1, 0.15) is 11.3 Å². The maximum absolute atomic E-state index is 6.02. The average molecular weight is 283 g/mol. The van der Waals surface area contributed by atoms with E-state index in [9.17, 15) is 0 Å². The molecule has 1 unspecified atom stereocenters. The highest BCUT2D eigenvalue weighted by molar-refractivity contribution is 6.16. The number of imidazole rings is 1. The summed E-state index contributed by atoms with van der Waals surface area (Å²) in [4.78, 5) is 4.61. The molecule has 0 bridgehead atoms. The lowest BCUT2D eigenvalue weighted by molar-refractivity contribution is 0.183. The zero-order chi connectivity index (χ0) is 13.4. The van der Waals surface area contributed by atoms with Gasteiger partial charge in [-0.3, -0.25) is 4.68 Å². The van der Waals surface area contributed by atoms with Crippen LogP contribution in [-0.4, -0.2) is 32.5 Å². The molecule has 0 aliphatic carbocycles. The second-order valence-corrected chi connectivity index (χ2v) is 5.48. The summed E-state index contributed by atoms with van der Waals surface area (Å²) in [6, 6.07) is 0. The van der Waals surface area contributed by atoms with Gasteiger partial charge in [-0.05, 0) is 25.7 Å². The lowest BCUT2D eigenvalue weighted by atomic mass is 10.1. The topological polar surface area (TPSA) is 44.9 Å². The van der Waals surface area contributed by atoms with Crippen molar-refractivity contribution in [1.82, 2.24) is 19.3 Å². The Hall–Kier alpha value is -1.07. The van der Waals surface area contributed by atoms with Crippen LogP contribution in [-0.2, 0) is 24.2 Å². The summed E-state index contributed by atoms with van der Waals surface area (Å²) in [6.45, 7) is 4.71. The van der Waals surface area contributed by atoms with Gasteiger partial charge < -0.3 is 9.30 Å². The number of hydrogen-bond donors (Lipinski definition) is 0. The molecule has 1 fully saturated rings. The Morgan fingerprint density at radius 3 is 3.00 bits per heavy atom. The number of hydrogen-bond acceptors (Lipinski definition) is 3. The predicted octanol–water partition coefficient (Wildman–Crippen LogP) is 2.24. The summed E-state index contributed by atoms with van der Waals surface area (Å²) >= 11 is 6.02. The van der Waals surface area contributed by atoms with E-state index < -0.39 is 0 Å². The molecule has 3 heterocycles. The quantitative estimate of drug-likeness (QED) is 0.808. The third-order valence-electron chi connectivity index (χ3n) is 3.87. The van der Waals surface area contributed by atoms with Gasteiger partial charge in [0, 0.05) is 26.8 Å². The van der Waals surface area contributed by atoms with Crippen LogP contribution in [0.25, 0.3) is 11.2 Å². The summed E-state index contributed by atoms with van der Waals surface area (Å²) < 4.78 is 9.54. The fourth-order valence-electron chi connectivity index (χ4n) is 2.84. The first-order chi connectivity index (χ1) is 9.20. The van der Waals surface area contributed by atoms with Crippen LogP contribution in [0.4, 0.5) is 0 Å². The number of rotatable bonds is 4. The summed E-state index contributed by atoms with van der Waals surface area (Å²) in [7, 11) is 1.96. The maximum Gasteiger partial charge on any atom is 0.158 e. The first kappa shape index (κ1) is 12.9. The molecule has 0 N–H and O–H groups in total. The van der Waals surface area contributed by atoms with Crippen molar-refractivity contribution in [3.8, 4) is 0 Å². The van der Waals surface area contributed by atoms with Gasteiger partial charge in [-0.2, -0.15) is 5.10 Å². The maximum atomic E-state index is 6.02. The second kappa shape index (κ2) is 5.13. The Morgan fingerprint density at radius 2 is 2.32 bits per heavy atom. The van der Waals surface area contributed by atoms with Crippen LogP contribution < -0.4 is 0 Å². The number of ether oxygens (including phenoxy) is 1. The summed E-state index contributed by atoms with van der Waals surface area (Å²) in [5.41, 5.74) is 3.01. The van der Waals surface area contributed by atoms with Gasteiger partial charge in [0.05, 0.1) is 11.6 Å². The minimum absolute atomic E-state index is 0.440. The summed E-state index contributed by atoms with van der Waals surface area (Å²) in [5, 5.41) is 4.43. The summed E-state index contributed by atoms with van der Waals surface area (Å²) in [5.74, 6) is 2.04. The Morgan fingerprint density at radius 1 is 1.47 bits per heavy atom. The van der Waals surface area contributed by atoms with Gasteiger partial charge in [0.25, 0.3) is 0 Å². The van der Waals surface area contributed by atoms with Crippen molar-refractivity contribution in [3.05, 3.63) is 11.5 Å². The molecule has 0 aromatic carbocycles. The Labute approximate surface area is 117 Å². The molecule has 1 aliphatic rings. The van der Waals surface area contributed by atoms with E-state index in [4.69, 9.17) is 16.3 Å². The molecule has 1 aliphatic heterocycles. The number of aryl methyl sites for hydroxylation is 3. The Balaban J connectivity index is 1.91. The molecule has 2 aromatic heterocycles. The van der Waals surface area contributed by atoms with Crippen LogP contribution >= 0.6 is 11.6 Å². The van der Waals surface area contributed by atoms with Crippen LogP contribution in [0.2, 0.25) is 0 Å². The SMILES string of the molecule is Cc1nn(C)c2c1nc(CCl)n2CCC1CCOC1. The molecule has 0 amide bonds. The molecule has 19 heavy (non-hydrogen) atoms. The molecule has 5 nitrogen and oxygen atoms in total. The van der Waals surface area contributed by atoms with E-state index in [0.717, 1.165) is 48.9 Å². The highest BCUT2D eigenvalue weighted by Crippen LogP contribution is 2.23. The highest BCUT2D eigenvalue weighted by Gasteiger charge is 2.20. The molecule has 3 rings (SSSR count). The lowest BCUT2D eigenvalue weighted by Gasteiger charge is -2.11. The minimum atomic E-state index is 0.440. The first-order valence-electron chi connectivity index (χ1n) is 6.73. The van der Waals surface area contributed by atoms with Crippen molar-refractivity contribution in [2.45, 2.75) is 32.2 Å². The normalized spacial score (nSPS) is 19.6. The first-order valence-corrected chi connectivity index (χ1v) is 7.26. The molecule has 1 atom stereocenters. The molecule has 1 saturated heterocycles. The number of nitrogens with zero attached hydrogens (tertiary/aromatic N) is 4. The van der Waals surface area contributed by atoms with E-state index in [2.05, 4.69) is 14.6 Å².